The maximum absolute atomic E-state index is 5.82. The first kappa shape index (κ1) is 16.1. The van der Waals surface area contributed by atoms with Crippen LogP contribution in [0.1, 0.15) is 16.7 Å². The molecule has 3 aromatic rings. The molecule has 0 saturated heterocycles. The van der Waals surface area contributed by atoms with Crippen molar-refractivity contribution in [2.45, 2.75) is 19.9 Å². The summed E-state index contributed by atoms with van der Waals surface area (Å²) in [7, 11) is 0. The highest BCUT2D eigenvalue weighted by atomic mass is 16.5. The Morgan fingerprint density at radius 2 is 1.50 bits per heavy atom. The van der Waals surface area contributed by atoms with Gasteiger partial charge in [-0.05, 0) is 47.9 Å². The van der Waals surface area contributed by atoms with Crippen LogP contribution < -0.4 is 10.1 Å². The fourth-order valence-corrected chi connectivity index (χ4v) is 2.61. The second-order valence-electron chi connectivity index (χ2n) is 5.89. The van der Waals surface area contributed by atoms with E-state index >= 15 is 0 Å². The van der Waals surface area contributed by atoms with Gasteiger partial charge in [-0.25, -0.2) is 0 Å². The molecule has 0 amide bonds. The Hall–Kier alpha value is -2.74. The molecule has 0 fully saturated rings. The van der Waals surface area contributed by atoms with Gasteiger partial charge in [-0.3, -0.25) is 0 Å². The summed E-state index contributed by atoms with van der Waals surface area (Å²) < 4.78 is 5.82. The fraction of sp³-hybridized carbons (Fsp3) is 0.182. The molecular formula is C22H23NO. The summed E-state index contributed by atoms with van der Waals surface area (Å²) >= 11 is 0. The van der Waals surface area contributed by atoms with E-state index in [1.807, 2.05) is 18.2 Å². The van der Waals surface area contributed by atoms with Crippen LogP contribution in [0.2, 0.25) is 0 Å². The topological polar surface area (TPSA) is 21.3 Å². The Morgan fingerprint density at radius 1 is 0.792 bits per heavy atom. The van der Waals surface area contributed by atoms with Crippen molar-refractivity contribution < 1.29 is 4.74 Å². The third-order valence-electron chi connectivity index (χ3n) is 4.10. The van der Waals surface area contributed by atoms with Gasteiger partial charge in [0.05, 0.1) is 6.61 Å². The summed E-state index contributed by atoms with van der Waals surface area (Å²) in [5.41, 5.74) is 5.04. The zero-order valence-electron chi connectivity index (χ0n) is 14.0. The maximum Gasteiger partial charge on any atom is 0.119 e. The highest BCUT2D eigenvalue weighted by Crippen LogP contribution is 2.17. The lowest BCUT2D eigenvalue weighted by molar-refractivity contribution is 0.322. The standard InChI is InChI=1S/C22H23NO/c1-18-7-5-6-10-20(18)17-23-21-11-13-22(14-12-21)24-16-15-19-8-3-2-4-9-19/h2-14,23H,15-17H2,1H3. The summed E-state index contributed by atoms with van der Waals surface area (Å²) in [6, 6.07) is 27.0. The van der Waals surface area contributed by atoms with Gasteiger partial charge in [-0.1, -0.05) is 54.6 Å². The monoisotopic (exact) mass is 317 g/mol. The minimum absolute atomic E-state index is 0.694. The van der Waals surface area contributed by atoms with Crippen LogP contribution in [0.25, 0.3) is 0 Å². The minimum Gasteiger partial charge on any atom is -0.493 e. The quantitative estimate of drug-likeness (QED) is 0.644. The Labute approximate surface area is 144 Å². The number of anilines is 1. The zero-order chi connectivity index (χ0) is 16.6. The van der Waals surface area contributed by atoms with Crippen molar-refractivity contribution >= 4 is 5.69 Å². The molecule has 0 heterocycles. The number of nitrogens with one attached hydrogen (secondary N) is 1. The van der Waals surface area contributed by atoms with Crippen molar-refractivity contribution in [1.82, 2.24) is 0 Å². The molecule has 0 unspecified atom stereocenters. The van der Waals surface area contributed by atoms with E-state index in [0.29, 0.717) is 6.61 Å². The highest BCUT2D eigenvalue weighted by Gasteiger charge is 1.99. The lowest BCUT2D eigenvalue weighted by atomic mass is 10.1. The van der Waals surface area contributed by atoms with E-state index < -0.39 is 0 Å². The van der Waals surface area contributed by atoms with Crippen LogP contribution in [0, 0.1) is 6.92 Å². The number of rotatable bonds is 7. The predicted octanol–water partition coefficient (Wildman–Crippen LogP) is 5.23. The first-order chi connectivity index (χ1) is 11.8. The summed E-state index contributed by atoms with van der Waals surface area (Å²) in [6.07, 6.45) is 0.925. The third kappa shape index (κ3) is 4.63. The van der Waals surface area contributed by atoms with Crippen molar-refractivity contribution in [1.29, 1.82) is 0 Å². The molecule has 0 radical (unpaired) electrons. The van der Waals surface area contributed by atoms with Gasteiger partial charge in [0.1, 0.15) is 5.75 Å². The molecule has 3 aromatic carbocycles. The second-order valence-corrected chi connectivity index (χ2v) is 5.89. The van der Waals surface area contributed by atoms with Crippen LogP contribution in [-0.4, -0.2) is 6.61 Å². The van der Waals surface area contributed by atoms with Gasteiger partial charge in [0, 0.05) is 18.7 Å². The normalized spacial score (nSPS) is 10.4. The van der Waals surface area contributed by atoms with Crippen LogP contribution >= 0.6 is 0 Å². The number of hydrogen-bond acceptors (Lipinski definition) is 2. The molecule has 0 bridgehead atoms. The Kier molecular flexibility index (Phi) is 5.52. The molecule has 122 valence electrons. The van der Waals surface area contributed by atoms with E-state index in [0.717, 1.165) is 24.4 Å². The van der Waals surface area contributed by atoms with Crippen LogP contribution in [0.3, 0.4) is 0 Å². The van der Waals surface area contributed by atoms with Gasteiger partial charge in [-0.2, -0.15) is 0 Å². The number of benzene rings is 3. The average molecular weight is 317 g/mol. The SMILES string of the molecule is Cc1ccccc1CNc1ccc(OCCc2ccccc2)cc1. The molecule has 1 N–H and O–H groups in total. The molecule has 0 aliphatic rings. The van der Waals surface area contributed by atoms with E-state index in [9.17, 15) is 0 Å². The fourth-order valence-electron chi connectivity index (χ4n) is 2.61. The molecule has 0 aliphatic heterocycles. The highest BCUT2D eigenvalue weighted by molar-refractivity contribution is 5.47. The van der Waals surface area contributed by atoms with E-state index in [2.05, 4.69) is 72.9 Å². The van der Waals surface area contributed by atoms with Crippen molar-refractivity contribution in [2.24, 2.45) is 0 Å². The Morgan fingerprint density at radius 3 is 2.25 bits per heavy atom. The van der Waals surface area contributed by atoms with Gasteiger partial charge >= 0.3 is 0 Å². The molecular weight excluding hydrogens is 294 g/mol. The maximum atomic E-state index is 5.82. The number of aryl methyl sites for hydroxylation is 1. The van der Waals surface area contributed by atoms with E-state index in [1.165, 1.54) is 16.7 Å². The lowest BCUT2D eigenvalue weighted by Crippen LogP contribution is -2.02. The van der Waals surface area contributed by atoms with Crippen molar-refractivity contribution in [2.75, 3.05) is 11.9 Å². The van der Waals surface area contributed by atoms with Crippen LogP contribution in [0.5, 0.6) is 5.75 Å². The molecule has 0 saturated carbocycles. The van der Waals surface area contributed by atoms with Gasteiger partial charge in [0.2, 0.25) is 0 Å². The van der Waals surface area contributed by atoms with Crippen molar-refractivity contribution in [3.8, 4) is 5.75 Å². The molecule has 0 spiro atoms. The molecule has 0 aliphatic carbocycles. The Bertz CT molecular complexity index is 750. The van der Waals surface area contributed by atoms with Crippen LogP contribution in [-0.2, 0) is 13.0 Å². The van der Waals surface area contributed by atoms with Crippen molar-refractivity contribution in [3.63, 3.8) is 0 Å². The smallest absolute Gasteiger partial charge is 0.119 e. The van der Waals surface area contributed by atoms with Gasteiger partial charge in [0.25, 0.3) is 0 Å². The first-order valence-electron chi connectivity index (χ1n) is 8.36. The van der Waals surface area contributed by atoms with E-state index in [-0.39, 0.29) is 0 Å². The second kappa shape index (κ2) is 8.21. The van der Waals surface area contributed by atoms with Gasteiger partial charge < -0.3 is 10.1 Å². The summed E-state index contributed by atoms with van der Waals surface area (Å²) in [5, 5.41) is 3.46. The summed E-state index contributed by atoms with van der Waals surface area (Å²) in [5.74, 6) is 0.910. The van der Waals surface area contributed by atoms with Crippen molar-refractivity contribution in [3.05, 3.63) is 95.6 Å². The lowest BCUT2D eigenvalue weighted by Gasteiger charge is -2.10. The van der Waals surface area contributed by atoms with Crippen LogP contribution in [0.4, 0.5) is 5.69 Å². The zero-order valence-corrected chi connectivity index (χ0v) is 14.0. The molecule has 2 nitrogen and oxygen atoms in total. The average Bonchev–Trinajstić information content (AvgIpc) is 2.63. The largest absolute Gasteiger partial charge is 0.493 e. The first-order valence-corrected chi connectivity index (χ1v) is 8.36. The molecule has 0 aromatic heterocycles. The molecule has 0 atom stereocenters. The van der Waals surface area contributed by atoms with Gasteiger partial charge in [0.15, 0.2) is 0 Å². The van der Waals surface area contributed by atoms with E-state index in [1.54, 1.807) is 0 Å². The number of hydrogen-bond donors (Lipinski definition) is 1. The molecule has 24 heavy (non-hydrogen) atoms. The summed E-state index contributed by atoms with van der Waals surface area (Å²) in [6.45, 7) is 3.67. The van der Waals surface area contributed by atoms with E-state index in [4.69, 9.17) is 4.74 Å². The summed E-state index contributed by atoms with van der Waals surface area (Å²) in [4.78, 5) is 0. The predicted molar refractivity (Wildman–Crippen MR) is 101 cm³/mol. The minimum atomic E-state index is 0.694. The van der Waals surface area contributed by atoms with Crippen LogP contribution in [0.15, 0.2) is 78.9 Å². The molecule has 3 rings (SSSR count). The third-order valence-corrected chi connectivity index (χ3v) is 4.10. The molecule has 2 heteroatoms. The Balaban J connectivity index is 1.47. The van der Waals surface area contributed by atoms with Gasteiger partial charge in [-0.15, -0.1) is 0 Å². The number of ether oxygens (including phenoxy) is 1.